The van der Waals surface area contributed by atoms with Crippen molar-refractivity contribution in [1.82, 2.24) is 0 Å². The van der Waals surface area contributed by atoms with Crippen LogP contribution in [-0.4, -0.2) is 27.6 Å². The summed E-state index contributed by atoms with van der Waals surface area (Å²) in [6.07, 6.45) is 3.73. The number of rotatable bonds is 8. The van der Waals surface area contributed by atoms with Gasteiger partial charge in [-0.15, -0.1) is 0 Å². The maximum atomic E-state index is 12.1. The average Bonchev–Trinajstić information content (AvgIpc) is 2.78. The van der Waals surface area contributed by atoms with E-state index in [0.717, 1.165) is 22.4 Å². The van der Waals surface area contributed by atoms with E-state index in [1.165, 1.54) is 6.08 Å². The quantitative estimate of drug-likeness (QED) is 0.202. The fourth-order valence-electron chi connectivity index (χ4n) is 2.65. The summed E-state index contributed by atoms with van der Waals surface area (Å²) in [5, 5.41) is 0. The summed E-state index contributed by atoms with van der Waals surface area (Å²) < 4.78 is 16.6. The zero-order valence-electron chi connectivity index (χ0n) is 17.5. The lowest BCUT2D eigenvalue weighted by molar-refractivity contribution is -0.128. The summed E-state index contributed by atoms with van der Waals surface area (Å²) in [7, 11) is -0.0390. The highest BCUT2D eigenvalue weighted by Gasteiger charge is 2.21. The SMILES string of the molecule is CO[Si](C)(C)COc1ccc(/C=C/C(=O)Oc2ccc(-c3ccccc3)cc2)cc1. The average molecular weight is 419 g/mol. The molecule has 0 aliphatic rings. The lowest BCUT2D eigenvalue weighted by Gasteiger charge is -2.20. The van der Waals surface area contributed by atoms with Gasteiger partial charge in [-0.05, 0) is 60.1 Å². The number of hydrogen-bond donors (Lipinski definition) is 0. The van der Waals surface area contributed by atoms with Gasteiger partial charge in [0.05, 0.1) is 0 Å². The highest BCUT2D eigenvalue weighted by molar-refractivity contribution is 6.71. The number of carbonyl (C=O) groups is 1. The molecule has 0 bridgehead atoms. The van der Waals surface area contributed by atoms with Gasteiger partial charge in [0.2, 0.25) is 8.32 Å². The van der Waals surface area contributed by atoms with Crippen molar-refractivity contribution in [3.8, 4) is 22.6 Å². The van der Waals surface area contributed by atoms with Gasteiger partial charge in [-0.2, -0.15) is 0 Å². The topological polar surface area (TPSA) is 44.8 Å². The van der Waals surface area contributed by atoms with Gasteiger partial charge in [0.15, 0.2) is 0 Å². The van der Waals surface area contributed by atoms with Crippen LogP contribution in [0.4, 0.5) is 0 Å². The summed E-state index contributed by atoms with van der Waals surface area (Å²) in [5.41, 5.74) is 3.09. The van der Waals surface area contributed by atoms with Crippen LogP contribution in [0.2, 0.25) is 13.1 Å². The maximum absolute atomic E-state index is 12.1. The van der Waals surface area contributed by atoms with Crippen LogP contribution < -0.4 is 9.47 Å². The summed E-state index contributed by atoms with van der Waals surface area (Å²) in [6.45, 7) is 4.20. The molecule has 0 heterocycles. The molecule has 0 N–H and O–H groups in total. The molecular formula is C25H26O4Si. The van der Waals surface area contributed by atoms with E-state index in [0.29, 0.717) is 12.0 Å². The molecule has 0 amide bonds. The van der Waals surface area contributed by atoms with Crippen LogP contribution in [0.3, 0.4) is 0 Å². The van der Waals surface area contributed by atoms with Gasteiger partial charge in [0, 0.05) is 13.2 Å². The number of esters is 1. The molecule has 0 aliphatic carbocycles. The van der Waals surface area contributed by atoms with Gasteiger partial charge in [0.1, 0.15) is 17.7 Å². The van der Waals surface area contributed by atoms with E-state index in [4.69, 9.17) is 13.9 Å². The molecule has 0 radical (unpaired) electrons. The largest absolute Gasteiger partial charge is 0.494 e. The molecule has 0 aliphatic heterocycles. The highest BCUT2D eigenvalue weighted by Crippen LogP contribution is 2.22. The number of hydrogen-bond acceptors (Lipinski definition) is 4. The minimum absolute atomic E-state index is 0.421. The first-order valence-electron chi connectivity index (χ1n) is 9.79. The Morgan fingerprint density at radius 1 is 0.833 bits per heavy atom. The molecule has 3 aromatic rings. The molecule has 4 nitrogen and oxygen atoms in total. The first-order valence-corrected chi connectivity index (χ1v) is 12.9. The number of benzene rings is 3. The smallest absolute Gasteiger partial charge is 0.336 e. The van der Waals surface area contributed by atoms with Crippen LogP contribution in [-0.2, 0) is 9.22 Å². The molecule has 0 fully saturated rings. The Labute approximate surface area is 178 Å². The van der Waals surface area contributed by atoms with Crippen LogP contribution >= 0.6 is 0 Å². The van der Waals surface area contributed by atoms with Crippen molar-refractivity contribution in [1.29, 1.82) is 0 Å². The Morgan fingerprint density at radius 2 is 1.43 bits per heavy atom. The van der Waals surface area contributed by atoms with Crippen LogP contribution in [0.15, 0.2) is 84.9 Å². The summed E-state index contributed by atoms with van der Waals surface area (Å²) >= 11 is 0. The minimum Gasteiger partial charge on any atom is -0.494 e. The molecule has 0 saturated carbocycles. The third-order valence-corrected chi connectivity index (χ3v) is 6.56. The van der Waals surface area contributed by atoms with E-state index in [1.807, 2.05) is 66.7 Å². The van der Waals surface area contributed by atoms with E-state index < -0.39 is 14.3 Å². The van der Waals surface area contributed by atoms with E-state index in [1.54, 1.807) is 25.3 Å². The van der Waals surface area contributed by atoms with E-state index in [2.05, 4.69) is 13.1 Å². The molecule has 5 heteroatoms. The third-order valence-electron chi connectivity index (χ3n) is 4.61. The zero-order chi connectivity index (χ0) is 21.4. The van der Waals surface area contributed by atoms with Crippen LogP contribution in [0.5, 0.6) is 11.5 Å². The normalized spacial score (nSPS) is 11.4. The standard InChI is InChI=1S/C25H26O4Si/c1-27-30(2,3)19-28-23-14-9-20(10-15-23)11-18-25(26)29-24-16-12-22(13-17-24)21-7-5-4-6-8-21/h4-18H,19H2,1-3H3/b18-11+. The minimum atomic E-state index is -1.76. The third kappa shape index (κ3) is 6.44. The van der Waals surface area contributed by atoms with Crippen LogP contribution in [0.1, 0.15) is 5.56 Å². The van der Waals surface area contributed by atoms with E-state index in [9.17, 15) is 4.79 Å². The molecule has 154 valence electrons. The van der Waals surface area contributed by atoms with Crippen molar-refractivity contribution in [2.24, 2.45) is 0 Å². The van der Waals surface area contributed by atoms with Gasteiger partial charge in [-0.3, -0.25) is 0 Å². The summed E-state index contributed by atoms with van der Waals surface area (Å²) in [4.78, 5) is 12.1. The van der Waals surface area contributed by atoms with Crippen molar-refractivity contribution >= 4 is 20.4 Å². The predicted octanol–water partition coefficient (Wildman–Crippen LogP) is 5.74. The Morgan fingerprint density at radius 3 is 2.07 bits per heavy atom. The Kier molecular flexibility index (Phi) is 7.22. The Bertz CT molecular complexity index is 978. The van der Waals surface area contributed by atoms with E-state index >= 15 is 0 Å². The van der Waals surface area contributed by atoms with Gasteiger partial charge in [-0.25, -0.2) is 4.79 Å². The summed E-state index contributed by atoms with van der Waals surface area (Å²) in [6, 6.07) is 25.1. The fraction of sp³-hybridized carbons (Fsp3) is 0.160. The number of carbonyl (C=O) groups excluding carboxylic acids is 1. The molecule has 30 heavy (non-hydrogen) atoms. The second-order valence-electron chi connectivity index (χ2n) is 7.47. The molecular weight excluding hydrogens is 392 g/mol. The van der Waals surface area contributed by atoms with E-state index in [-0.39, 0.29) is 0 Å². The Hall–Kier alpha value is -3.15. The first kappa shape index (κ1) is 21.6. The van der Waals surface area contributed by atoms with Crippen molar-refractivity contribution in [3.05, 3.63) is 90.5 Å². The van der Waals surface area contributed by atoms with Gasteiger partial charge in [0.25, 0.3) is 0 Å². The van der Waals surface area contributed by atoms with Crippen molar-refractivity contribution < 1.29 is 18.7 Å². The molecule has 0 spiro atoms. The zero-order valence-corrected chi connectivity index (χ0v) is 18.5. The second kappa shape index (κ2) is 10.0. The van der Waals surface area contributed by atoms with Crippen LogP contribution in [0.25, 0.3) is 17.2 Å². The van der Waals surface area contributed by atoms with Gasteiger partial charge >= 0.3 is 5.97 Å². The van der Waals surface area contributed by atoms with Crippen molar-refractivity contribution in [2.75, 3.05) is 13.3 Å². The van der Waals surface area contributed by atoms with Gasteiger partial charge < -0.3 is 13.9 Å². The molecule has 0 aromatic heterocycles. The molecule has 0 atom stereocenters. The molecule has 3 rings (SSSR count). The predicted molar refractivity (Wildman–Crippen MR) is 123 cm³/mol. The van der Waals surface area contributed by atoms with Crippen LogP contribution in [0, 0.1) is 0 Å². The first-order chi connectivity index (χ1) is 14.4. The highest BCUT2D eigenvalue weighted by atomic mass is 28.4. The second-order valence-corrected chi connectivity index (χ2v) is 11.7. The van der Waals surface area contributed by atoms with Gasteiger partial charge in [-0.1, -0.05) is 54.6 Å². The molecule has 3 aromatic carbocycles. The van der Waals surface area contributed by atoms with Crippen molar-refractivity contribution in [3.63, 3.8) is 0 Å². The lowest BCUT2D eigenvalue weighted by atomic mass is 10.1. The van der Waals surface area contributed by atoms with Crippen molar-refractivity contribution in [2.45, 2.75) is 13.1 Å². The molecule has 0 saturated heterocycles. The molecule has 0 unspecified atom stereocenters. The lowest BCUT2D eigenvalue weighted by Crippen LogP contribution is -2.37. The maximum Gasteiger partial charge on any atom is 0.336 e. The number of ether oxygens (including phenoxy) is 2. The fourth-order valence-corrected chi connectivity index (χ4v) is 3.28. The Balaban J connectivity index is 1.53. The summed E-state index contributed by atoms with van der Waals surface area (Å²) in [5.74, 6) is 0.875. The monoisotopic (exact) mass is 418 g/mol.